The highest BCUT2D eigenvalue weighted by atomic mass is 19.1. The zero-order valence-electron chi connectivity index (χ0n) is 13.5. The Morgan fingerprint density at radius 2 is 2.14 bits per heavy atom. The molecular weight excluding hydrogens is 265 g/mol. The monoisotopic (exact) mass is 293 g/mol. The van der Waals surface area contributed by atoms with Crippen LogP contribution in [0.5, 0.6) is 0 Å². The molecular formula is C17H28FN3. The van der Waals surface area contributed by atoms with Crippen LogP contribution in [0.4, 0.5) is 10.1 Å². The maximum atomic E-state index is 13.6. The maximum absolute atomic E-state index is 13.6. The van der Waals surface area contributed by atoms with Gasteiger partial charge in [-0.1, -0.05) is 6.92 Å². The Labute approximate surface area is 127 Å². The molecule has 0 aromatic heterocycles. The summed E-state index contributed by atoms with van der Waals surface area (Å²) < 4.78 is 13.6. The van der Waals surface area contributed by atoms with Crippen LogP contribution in [-0.4, -0.2) is 43.7 Å². The van der Waals surface area contributed by atoms with E-state index in [2.05, 4.69) is 23.8 Å². The van der Waals surface area contributed by atoms with Crippen molar-refractivity contribution in [1.29, 1.82) is 0 Å². The summed E-state index contributed by atoms with van der Waals surface area (Å²) in [5.74, 6) is -0.172. The van der Waals surface area contributed by atoms with Gasteiger partial charge in [-0.25, -0.2) is 4.39 Å². The number of nitrogens with zero attached hydrogens (tertiary/aromatic N) is 2. The number of hydrogen-bond acceptors (Lipinski definition) is 3. The van der Waals surface area contributed by atoms with E-state index in [1.54, 1.807) is 12.1 Å². The van der Waals surface area contributed by atoms with Crippen molar-refractivity contribution in [2.45, 2.75) is 45.2 Å². The second kappa shape index (κ2) is 7.23. The number of anilines is 1. The molecule has 2 rings (SSSR count). The predicted molar refractivity (Wildman–Crippen MR) is 87.3 cm³/mol. The standard InChI is InChI=1S/C17H28FN3/c1-4-16-12-20(3)8-5-9-21(16)17-7-6-15(18)11-14(17)10-13(2)19/h6-7,11,13,16H,4-5,8-10,12,19H2,1-3H3. The minimum absolute atomic E-state index is 0.0419. The Morgan fingerprint density at radius 3 is 2.81 bits per heavy atom. The molecule has 0 spiro atoms. The lowest BCUT2D eigenvalue weighted by Gasteiger charge is -2.34. The molecule has 1 aromatic carbocycles. The first-order chi connectivity index (χ1) is 10.0. The maximum Gasteiger partial charge on any atom is 0.123 e. The summed E-state index contributed by atoms with van der Waals surface area (Å²) in [6.45, 7) is 7.41. The zero-order valence-corrected chi connectivity index (χ0v) is 13.5. The van der Waals surface area contributed by atoms with E-state index in [0.29, 0.717) is 6.04 Å². The third-order valence-corrected chi connectivity index (χ3v) is 4.27. The average molecular weight is 293 g/mol. The van der Waals surface area contributed by atoms with Crippen LogP contribution in [0.2, 0.25) is 0 Å². The minimum atomic E-state index is -0.172. The first kappa shape index (κ1) is 16.2. The van der Waals surface area contributed by atoms with Gasteiger partial charge < -0.3 is 15.5 Å². The largest absolute Gasteiger partial charge is 0.367 e. The lowest BCUT2D eigenvalue weighted by atomic mass is 10.0. The van der Waals surface area contributed by atoms with Gasteiger partial charge in [-0.2, -0.15) is 0 Å². The van der Waals surface area contributed by atoms with Gasteiger partial charge in [-0.15, -0.1) is 0 Å². The van der Waals surface area contributed by atoms with Crippen LogP contribution in [0.25, 0.3) is 0 Å². The molecule has 3 nitrogen and oxygen atoms in total. The zero-order chi connectivity index (χ0) is 15.4. The predicted octanol–water partition coefficient (Wildman–Crippen LogP) is 2.64. The summed E-state index contributed by atoms with van der Waals surface area (Å²) in [6, 6.07) is 5.68. The van der Waals surface area contributed by atoms with E-state index in [9.17, 15) is 4.39 Å². The highest BCUT2D eigenvalue weighted by Crippen LogP contribution is 2.27. The van der Waals surface area contributed by atoms with Crippen molar-refractivity contribution in [3.63, 3.8) is 0 Å². The molecule has 1 aromatic rings. The number of nitrogens with two attached hydrogens (primary N) is 1. The molecule has 1 saturated heterocycles. The van der Waals surface area contributed by atoms with E-state index in [-0.39, 0.29) is 11.9 Å². The second-order valence-electron chi connectivity index (χ2n) is 6.33. The van der Waals surface area contributed by atoms with Gasteiger partial charge in [-0.3, -0.25) is 0 Å². The molecule has 118 valence electrons. The molecule has 1 aliphatic heterocycles. The molecule has 21 heavy (non-hydrogen) atoms. The van der Waals surface area contributed by atoms with E-state index in [1.807, 2.05) is 13.0 Å². The first-order valence-corrected chi connectivity index (χ1v) is 8.00. The summed E-state index contributed by atoms with van der Waals surface area (Å²) >= 11 is 0. The molecule has 0 aliphatic carbocycles. The topological polar surface area (TPSA) is 32.5 Å². The van der Waals surface area contributed by atoms with E-state index >= 15 is 0 Å². The third kappa shape index (κ3) is 4.17. The van der Waals surface area contributed by atoms with E-state index in [1.165, 1.54) is 0 Å². The molecule has 1 heterocycles. The van der Waals surface area contributed by atoms with Crippen LogP contribution < -0.4 is 10.6 Å². The molecule has 2 N–H and O–H groups in total. The van der Waals surface area contributed by atoms with Crippen LogP contribution >= 0.6 is 0 Å². The second-order valence-corrected chi connectivity index (χ2v) is 6.33. The number of likely N-dealkylation sites (N-methyl/N-ethyl adjacent to an activating group) is 1. The van der Waals surface area contributed by atoms with Crippen LogP contribution in [0.15, 0.2) is 18.2 Å². The Morgan fingerprint density at radius 1 is 1.38 bits per heavy atom. The van der Waals surface area contributed by atoms with Crippen LogP contribution in [0.3, 0.4) is 0 Å². The molecule has 0 bridgehead atoms. The molecule has 4 heteroatoms. The van der Waals surface area contributed by atoms with Crippen molar-refractivity contribution in [2.24, 2.45) is 5.73 Å². The van der Waals surface area contributed by atoms with Crippen molar-refractivity contribution in [1.82, 2.24) is 4.90 Å². The molecule has 2 unspecified atom stereocenters. The fourth-order valence-electron chi connectivity index (χ4n) is 3.25. The summed E-state index contributed by atoms with van der Waals surface area (Å²) in [5, 5.41) is 0. The molecule has 2 atom stereocenters. The van der Waals surface area contributed by atoms with Crippen molar-refractivity contribution in [3.8, 4) is 0 Å². The van der Waals surface area contributed by atoms with Gasteiger partial charge in [0.1, 0.15) is 5.82 Å². The summed E-state index contributed by atoms with van der Waals surface area (Å²) in [6.07, 6.45) is 2.96. The number of benzene rings is 1. The van der Waals surface area contributed by atoms with Gasteiger partial charge in [0.25, 0.3) is 0 Å². The van der Waals surface area contributed by atoms with Crippen molar-refractivity contribution in [2.75, 3.05) is 31.6 Å². The highest BCUT2D eigenvalue weighted by molar-refractivity contribution is 5.55. The normalized spacial score (nSPS) is 22.1. The summed E-state index contributed by atoms with van der Waals surface area (Å²) in [7, 11) is 2.18. The lowest BCUT2D eigenvalue weighted by molar-refractivity contribution is 0.328. The van der Waals surface area contributed by atoms with Gasteiger partial charge in [0, 0.05) is 30.9 Å². The van der Waals surface area contributed by atoms with Gasteiger partial charge in [0.2, 0.25) is 0 Å². The summed E-state index contributed by atoms with van der Waals surface area (Å²) in [4.78, 5) is 4.85. The number of rotatable bonds is 4. The number of hydrogen-bond donors (Lipinski definition) is 1. The Bertz CT molecular complexity index is 461. The Balaban J connectivity index is 2.33. The van der Waals surface area contributed by atoms with Crippen LogP contribution in [-0.2, 0) is 6.42 Å². The van der Waals surface area contributed by atoms with Crippen molar-refractivity contribution >= 4 is 5.69 Å². The summed E-state index contributed by atoms with van der Waals surface area (Å²) in [5.41, 5.74) is 8.14. The first-order valence-electron chi connectivity index (χ1n) is 8.00. The lowest BCUT2D eigenvalue weighted by Crippen LogP contribution is -2.40. The highest BCUT2D eigenvalue weighted by Gasteiger charge is 2.24. The van der Waals surface area contributed by atoms with Crippen molar-refractivity contribution in [3.05, 3.63) is 29.6 Å². The Hall–Kier alpha value is -1.13. The fourth-order valence-corrected chi connectivity index (χ4v) is 3.25. The smallest absolute Gasteiger partial charge is 0.123 e. The average Bonchev–Trinajstić information content (AvgIpc) is 2.60. The SMILES string of the molecule is CCC1CN(C)CCCN1c1ccc(F)cc1CC(C)N. The van der Waals surface area contributed by atoms with Gasteiger partial charge in [0.05, 0.1) is 0 Å². The quantitative estimate of drug-likeness (QED) is 0.926. The van der Waals surface area contributed by atoms with Crippen LogP contribution in [0.1, 0.15) is 32.3 Å². The van der Waals surface area contributed by atoms with Gasteiger partial charge in [0.15, 0.2) is 0 Å². The molecule has 1 fully saturated rings. The fraction of sp³-hybridized carbons (Fsp3) is 0.647. The van der Waals surface area contributed by atoms with Gasteiger partial charge in [-0.05, 0) is 63.5 Å². The third-order valence-electron chi connectivity index (χ3n) is 4.27. The molecule has 0 amide bonds. The molecule has 1 aliphatic rings. The number of halogens is 1. The van der Waals surface area contributed by atoms with E-state index in [0.717, 1.165) is 50.1 Å². The minimum Gasteiger partial charge on any atom is -0.367 e. The Kier molecular flexibility index (Phi) is 5.59. The van der Waals surface area contributed by atoms with Crippen LogP contribution in [0, 0.1) is 5.82 Å². The molecule has 0 radical (unpaired) electrons. The van der Waals surface area contributed by atoms with Crippen molar-refractivity contribution < 1.29 is 4.39 Å². The van der Waals surface area contributed by atoms with Gasteiger partial charge >= 0.3 is 0 Å². The molecule has 0 saturated carbocycles. The van der Waals surface area contributed by atoms with E-state index < -0.39 is 0 Å². The van der Waals surface area contributed by atoms with E-state index in [4.69, 9.17) is 5.73 Å².